The van der Waals surface area contributed by atoms with Gasteiger partial charge in [-0.1, -0.05) is 6.07 Å². The average Bonchev–Trinajstić information content (AvgIpc) is 2.90. The second-order valence-electron chi connectivity index (χ2n) is 6.27. The Kier molecular flexibility index (Phi) is 2.95. The normalized spacial score (nSPS) is 12.6. The zero-order valence-corrected chi connectivity index (χ0v) is 13.5. The van der Waals surface area contributed by atoms with Gasteiger partial charge in [-0.2, -0.15) is 13.2 Å². The SMILES string of the molecule is Cc1cc2c3cc(C(F)(F)F)ccc3c3ncc(C)n3c2cc1C. The monoisotopic (exact) mass is 328 g/mol. The molecule has 0 aliphatic rings. The van der Waals surface area contributed by atoms with Crippen molar-refractivity contribution in [3.63, 3.8) is 0 Å². The van der Waals surface area contributed by atoms with Crippen molar-refractivity contribution in [2.45, 2.75) is 26.9 Å². The second kappa shape index (κ2) is 4.72. The van der Waals surface area contributed by atoms with Crippen LogP contribution in [0.4, 0.5) is 13.2 Å². The van der Waals surface area contributed by atoms with Gasteiger partial charge in [-0.05, 0) is 61.5 Å². The first kappa shape index (κ1) is 15.0. The third-order valence-corrected chi connectivity index (χ3v) is 4.67. The summed E-state index contributed by atoms with van der Waals surface area (Å²) in [7, 11) is 0. The van der Waals surface area contributed by atoms with Crippen LogP contribution >= 0.6 is 0 Å². The number of nitrogens with zero attached hydrogens (tertiary/aromatic N) is 2. The van der Waals surface area contributed by atoms with Gasteiger partial charge in [-0.15, -0.1) is 0 Å². The van der Waals surface area contributed by atoms with E-state index in [1.165, 1.54) is 12.1 Å². The summed E-state index contributed by atoms with van der Waals surface area (Å²) in [5.41, 5.74) is 4.05. The van der Waals surface area contributed by atoms with Gasteiger partial charge in [-0.25, -0.2) is 4.98 Å². The summed E-state index contributed by atoms with van der Waals surface area (Å²) in [6, 6.07) is 7.86. The molecule has 0 aliphatic heterocycles. The summed E-state index contributed by atoms with van der Waals surface area (Å²) in [4.78, 5) is 4.42. The lowest BCUT2D eigenvalue weighted by Crippen LogP contribution is -2.05. The Morgan fingerprint density at radius 2 is 1.58 bits per heavy atom. The molecule has 24 heavy (non-hydrogen) atoms. The molecule has 0 spiro atoms. The van der Waals surface area contributed by atoms with Gasteiger partial charge in [0.2, 0.25) is 0 Å². The van der Waals surface area contributed by atoms with Crippen molar-refractivity contribution in [2.75, 3.05) is 0 Å². The summed E-state index contributed by atoms with van der Waals surface area (Å²) < 4.78 is 41.5. The zero-order chi connectivity index (χ0) is 17.2. The molecule has 0 fully saturated rings. The molecule has 2 nitrogen and oxygen atoms in total. The van der Waals surface area contributed by atoms with Crippen molar-refractivity contribution < 1.29 is 13.2 Å². The molecule has 0 aliphatic carbocycles. The van der Waals surface area contributed by atoms with Gasteiger partial charge in [0.25, 0.3) is 0 Å². The highest BCUT2D eigenvalue weighted by molar-refractivity contribution is 6.12. The largest absolute Gasteiger partial charge is 0.416 e. The number of halogens is 3. The highest BCUT2D eigenvalue weighted by Crippen LogP contribution is 2.36. The Morgan fingerprint density at radius 1 is 0.875 bits per heavy atom. The van der Waals surface area contributed by atoms with Crippen LogP contribution < -0.4 is 0 Å². The molecule has 4 rings (SSSR count). The van der Waals surface area contributed by atoms with E-state index in [0.717, 1.165) is 39.2 Å². The van der Waals surface area contributed by atoms with E-state index in [9.17, 15) is 13.2 Å². The molecule has 2 aromatic carbocycles. The van der Waals surface area contributed by atoms with Crippen LogP contribution in [0.15, 0.2) is 36.5 Å². The van der Waals surface area contributed by atoms with Crippen LogP contribution in [0.1, 0.15) is 22.4 Å². The summed E-state index contributed by atoms with van der Waals surface area (Å²) in [6.45, 7) is 5.92. The molecule has 4 aromatic rings. The molecule has 0 saturated heterocycles. The molecule has 0 saturated carbocycles. The van der Waals surface area contributed by atoms with Crippen LogP contribution in [0, 0.1) is 20.8 Å². The lowest BCUT2D eigenvalue weighted by molar-refractivity contribution is -0.137. The van der Waals surface area contributed by atoms with Crippen LogP contribution in [0.2, 0.25) is 0 Å². The highest BCUT2D eigenvalue weighted by Gasteiger charge is 2.31. The molecule has 0 radical (unpaired) electrons. The minimum absolute atomic E-state index is 0.584. The molecular formula is C19H15F3N2. The van der Waals surface area contributed by atoms with Gasteiger partial charge in [0.05, 0.1) is 11.1 Å². The van der Waals surface area contributed by atoms with E-state index in [0.29, 0.717) is 11.0 Å². The van der Waals surface area contributed by atoms with E-state index in [4.69, 9.17) is 0 Å². The highest BCUT2D eigenvalue weighted by atomic mass is 19.4. The van der Waals surface area contributed by atoms with Crippen molar-refractivity contribution in [3.8, 4) is 0 Å². The number of aromatic nitrogens is 2. The standard InChI is InChI=1S/C19H15F3N2/c1-10-6-16-15-8-13(19(20,21)22)4-5-14(15)18-23-9-12(3)24(18)17(16)7-11(10)2/h4-9H,1-3H3. The number of alkyl halides is 3. The zero-order valence-electron chi connectivity index (χ0n) is 13.5. The maximum atomic E-state index is 13.2. The van der Waals surface area contributed by atoms with Gasteiger partial charge in [0, 0.05) is 22.7 Å². The number of imidazole rings is 1. The molecular weight excluding hydrogens is 313 g/mol. The van der Waals surface area contributed by atoms with Crippen LogP contribution in [0.5, 0.6) is 0 Å². The topological polar surface area (TPSA) is 17.3 Å². The Morgan fingerprint density at radius 3 is 2.29 bits per heavy atom. The summed E-state index contributed by atoms with van der Waals surface area (Å²) >= 11 is 0. The fourth-order valence-electron chi connectivity index (χ4n) is 3.27. The molecule has 2 heterocycles. The van der Waals surface area contributed by atoms with Crippen molar-refractivity contribution in [1.82, 2.24) is 9.38 Å². The van der Waals surface area contributed by atoms with E-state index in [1.54, 1.807) is 6.20 Å². The molecule has 0 N–H and O–H groups in total. The molecule has 0 atom stereocenters. The predicted octanol–water partition coefficient (Wildman–Crippen LogP) is 5.58. The number of rotatable bonds is 0. The first-order valence-corrected chi connectivity index (χ1v) is 7.65. The molecule has 2 aromatic heterocycles. The maximum Gasteiger partial charge on any atom is 0.416 e. The summed E-state index contributed by atoms with van der Waals surface area (Å²) in [5, 5.41) is 2.13. The lowest BCUT2D eigenvalue weighted by Gasteiger charge is -2.14. The lowest BCUT2D eigenvalue weighted by atomic mass is 9.99. The van der Waals surface area contributed by atoms with Gasteiger partial charge in [0.15, 0.2) is 0 Å². The smallest absolute Gasteiger partial charge is 0.296 e. The predicted molar refractivity (Wildman–Crippen MR) is 89.4 cm³/mol. The summed E-state index contributed by atoms with van der Waals surface area (Å²) in [5.74, 6) is 0. The van der Waals surface area contributed by atoms with E-state index < -0.39 is 11.7 Å². The molecule has 122 valence electrons. The van der Waals surface area contributed by atoms with Gasteiger partial charge in [-0.3, -0.25) is 4.40 Å². The van der Waals surface area contributed by atoms with E-state index in [-0.39, 0.29) is 0 Å². The molecule has 5 heteroatoms. The minimum Gasteiger partial charge on any atom is -0.296 e. The number of aryl methyl sites for hydroxylation is 3. The fraction of sp³-hybridized carbons (Fsp3) is 0.211. The minimum atomic E-state index is -4.36. The summed E-state index contributed by atoms with van der Waals surface area (Å²) in [6.07, 6.45) is -2.61. The van der Waals surface area contributed by atoms with Crippen molar-refractivity contribution in [2.24, 2.45) is 0 Å². The van der Waals surface area contributed by atoms with Gasteiger partial charge >= 0.3 is 6.18 Å². The van der Waals surface area contributed by atoms with E-state index >= 15 is 0 Å². The van der Waals surface area contributed by atoms with Crippen LogP contribution in [-0.4, -0.2) is 9.38 Å². The molecule has 0 bridgehead atoms. The second-order valence-corrected chi connectivity index (χ2v) is 6.27. The van der Waals surface area contributed by atoms with Crippen LogP contribution in [-0.2, 0) is 6.18 Å². The van der Waals surface area contributed by atoms with E-state index in [1.807, 2.05) is 37.3 Å². The Bertz CT molecular complexity index is 1120. The fourth-order valence-corrected chi connectivity index (χ4v) is 3.27. The first-order valence-electron chi connectivity index (χ1n) is 7.65. The first-order chi connectivity index (χ1) is 11.3. The van der Waals surface area contributed by atoms with Crippen molar-refractivity contribution in [3.05, 3.63) is 58.9 Å². The maximum absolute atomic E-state index is 13.2. The third-order valence-electron chi connectivity index (χ3n) is 4.67. The molecule has 0 unspecified atom stereocenters. The van der Waals surface area contributed by atoms with E-state index in [2.05, 4.69) is 4.98 Å². The van der Waals surface area contributed by atoms with Crippen molar-refractivity contribution in [1.29, 1.82) is 0 Å². The quantitative estimate of drug-likeness (QED) is 0.385. The Labute approximate surface area is 136 Å². The Balaban J connectivity index is 2.30. The molecule has 0 amide bonds. The van der Waals surface area contributed by atoms with Gasteiger partial charge in [0.1, 0.15) is 5.65 Å². The third kappa shape index (κ3) is 2.00. The van der Waals surface area contributed by atoms with Crippen LogP contribution in [0.25, 0.3) is 27.3 Å². The average molecular weight is 328 g/mol. The van der Waals surface area contributed by atoms with Crippen LogP contribution in [0.3, 0.4) is 0 Å². The van der Waals surface area contributed by atoms with Crippen molar-refractivity contribution >= 4 is 27.3 Å². The number of fused-ring (bicyclic) bond motifs is 6. The number of hydrogen-bond acceptors (Lipinski definition) is 1. The van der Waals surface area contributed by atoms with Gasteiger partial charge < -0.3 is 0 Å². The number of benzene rings is 2. The number of pyridine rings is 1. The Hall–Kier alpha value is -2.56. The number of hydrogen-bond donors (Lipinski definition) is 0.